The number of hydrogen-bond donors (Lipinski definition) is 0. The summed E-state index contributed by atoms with van der Waals surface area (Å²) in [7, 11) is 0. The molecular weight excluding hydrogens is 120 g/mol. The van der Waals surface area contributed by atoms with Crippen molar-refractivity contribution in [3.05, 3.63) is 29.7 Å². The zero-order chi connectivity index (χ0) is 5.98. The molecule has 43 valence electrons. The van der Waals surface area contributed by atoms with Gasteiger partial charge in [-0.1, -0.05) is 30.7 Å². The third kappa shape index (κ3) is 1.38. The molecule has 1 unspecified atom stereocenters. The second-order valence-electron chi connectivity index (χ2n) is 1.96. The fraction of sp³-hybridized carbons (Fsp3) is 0.286. The summed E-state index contributed by atoms with van der Waals surface area (Å²) in [6.45, 7) is 2.10. The summed E-state index contributed by atoms with van der Waals surface area (Å²) in [6, 6.07) is 0. The predicted octanol–water partition coefficient (Wildman–Crippen LogP) is 2.52. The highest BCUT2D eigenvalue weighted by Crippen LogP contribution is 2.18. The van der Waals surface area contributed by atoms with Crippen molar-refractivity contribution in [2.75, 3.05) is 0 Å². The highest BCUT2D eigenvalue weighted by molar-refractivity contribution is 6.31. The molecule has 1 heteroatoms. The lowest BCUT2D eigenvalue weighted by atomic mass is 10.0. The van der Waals surface area contributed by atoms with Crippen molar-refractivity contribution >= 4 is 11.6 Å². The number of allylic oxidation sites excluding steroid dienone is 4. The minimum absolute atomic E-state index is 0.507. The van der Waals surface area contributed by atoms with Crippen molar-refractivity contribution in [1.82, 2.24) is 0 Å². The zero-order valence-electron chi connectivity index (χ0n) is 4.76. The predicted molar refractivity (Wildman–Crippen MR) is 36.5 cm³/mol. The molecule has 1 aliphatic rings. The normalized spacial score (nSPS) is 27.8. The van der Waals surface area contributed by atoms with Crippen LogP contribution in [0.15, 0.2) is 23.3 Å². The quantitative estimate of drug-likeness (QED) is 0.469. The maximum atomic E-state index is 5.67. The van der Waals surface area contributed by atoms with Crippen LogP contribution in [-0.2, 0) is 0 Å². The fourth-order valence-corrected chi connectivity index (χ4v) is 0.956. The first kappa shape index (κ1) is 5.90. The van der Waals surface area contributed by atoms with Gasteiger partial charge in [0.05, 0.1) is 0 Å². The van der Waals surface area contributed by atoms with E-state index < -0.39 is 0 Å². The Morgan fingerprint density at radius 3 is 2.75 bits per heavy atom. The standard InChI is InChI=1S/C7H8Cl/c1-6-3-2-4-7(8)5-6/h2-6H,1H3. The lowest BCUT2D eigenvalue weighted by Crippen LogP contribution is -1.93. The van der Waals surface area contributed by atoms with Gasteiger partial charge in [-0.25, -0.2) is 0 Å². The van der Waals surface area contributed by atoms with Gasteiger partial charge in [-0.15, -0.1) is 0 Å². The minimum Gasteiger partial charge on any atom is -0.0888 e. The van der Waals surface area contributed by atoms with Crippen molar-refractivity contribution in [2.24, 2.45) is 5.92 Å². The zero-order valence-corrected chi connectivity index (χ0v) is 5.52. The smallest absolute Gasteiger partial charge is 0.0224 e. The molecular formula is C7H8Cl. The molecule has 0 heterocycles. The van der Waals surface area contributed by atoms with Crippen LogP contribution in [0, 0.1) is 12.3 Å². The molecule has 8 heavy (non-hydrogen) atoms. The molecule has 0 saturated heterocycles. The van der Waals surface area contributed by atoms with E-state index in [1.807, 2.05) is 18.6 Å². The van der Waals surface area contributed by atoms with Crippen LogP contribution in [0.1, 0.15) is 6.92 Å². The van der Waals surface area contributed by atoms with Crippen molar-refractivity contribution in [2.45, 2.75) is 6.92 Å². The van der Waals surface area contributed by atoms with Crippen LogP contribution < -0.4 is 0 Å². The monoisotopic (exact) mass is 127 g/mol. The molecule has 0 nitrogen and oxygen atoms in total. The summed E-state index contributed by atoms with van der Waals surface area (Å²) in [5.41, 5.74) is 0. The molecule has 0 aliphatic heterocycles. The van der Waals surface area contributed by atoms with Crippen molar-refractivity contribution in [3.8, 4) is 0 Å². The number of halogens is 1. The molecule has 0 amide bonds. The van der Waals surface area contributed by atoms with E-state index >= 15 is 0 Å². The van der Waals surface area contributed by atoms with Gasteiger partial charge in [0.1, 0.15) is 0 Å². The molecule has 0 aromatic heterocycles. The van der Waals surface area contributed by atoms with E-state index in [4.69, 9.17) is 11.6 Å². The van der Waals surface area contributed by atoms with Crippen LogP contribution in [0.3, 0.4) is 0 Å². The Kier molecular flexibility index (Phi) is 1.74. The maximum absolute atomic E-state index is 5.67. The third-order valence-corrected chi connectivity index (χ3v) is 1.34. The van der Waals surface area contributed by atoms with Gasteiger partial charge in [0, 0.05) is 11.5 Å². The average molecular weight is 128 g/mol. The Labute approximate surface area is 54.8 Å². The van der Waals surface area contributed by atoms with Crippen LogP contribution in [0.2, 0.25) is 0 Å². The summed E-state index contributed by atoms with van der Waals surface area (Å²) in [4.78, 5) is 0. The summed E-state index contributed by atoms with van der Waals surface area (Å²) in [5.74, 6) is 0.507. The number of hydrogen-bond acceptors (Lipinski definition) is 0. The first-order chi connectivity index (χ1) is 3.79. The number of rotatable bonds is 0. The molecule has 0 aromatic carbocycles. The minimum atomic E-state index is 0.507. The Morgan fingerprint density at radius 1 is 1.62 bits per heavy atom. The lowest BCUT2D eigenvalue weighted by Gasteiger charge is -2.06. The Hall–Kier alpha value is -0.230. The van der Waals surface area contributed by atoms with Crippen LogP contribution in [0.25, 0.3) is 0 Å². The summed E-state index contributed by atoms with van der Waals surface area (Å²) < 4.78 is 0. The Morgan fingerprint density at radius 2 is 2.38 bits per heavy atom. The molecule has 1 rings (SSSR count). The van der Waals surface area contributed by atoms with E-state index in [2.05, 4.69) is 13.0 Å². The van der Waals surface area contributed by atoms with Gasteiger partial charge < -0.3 is 0 Å². The highest BCUT2D eigenvalue weighted by Gasteiger charge is 2.02. The van der Waals surface area contributed by atoms with Crippen molar-refractivity contribution < 1.29 is 0 Å². The fourth-order valence-electron chi connectivity index (χ4n) is 0.685. The summed E-state index contributed by atoms with van der Waals surface area (Å²) >= 11 is 5.67. The molecule has 0 aromatic rings. The van der Waals surface area contributed by atoms with E-state index in [0.29, 0.717) is 5.92 Å². The molecule has 0 saturated carbocycles. The molecule has 0 bridgehead atoms. The van der Waals surface area contributed by atoms with Gasteiger partial charge in [-0.05, 0) is 12.0 Å². The molecule has 1 aliphatic carbocycles. The molecule has 0 fully saturated rings. The summed E-state index contributed by atoms with van der Waals surface area (Å²) in [5, 5.41) is 0.847. The van der Waals surface area contributed by atoms with Crippen molar-refractivity contribution in [1.29, 1.82) is 0 Å². The van der Waals surface area contributed by atoms with Gasteiger partial charge in [-0.2, -0.15) is 0 Å². The van der Waals surface area contributed by atoms with Gasteiger partial charge in [0.2, 0.25) is 0 Å². The first-order valence-corrected chi connectivity index (χ1v) is 3.05. The van der Waals surface area contributed by atoms with E-state index in [-0.39, 0.29) is 0 Å². The van der Waals surface area contributed by atoms with E-state index in [9.17, 15) is 0 Å². The van der Waals surface area contributed by atoms with Gasteiger partial charge in [0.25, 0.3) is 0 Å². The van der Waals surface area contributed by atoms with Crippen LogP contribution >= 0.6 is 11.6 Å². The first-order valence-electron chi connectivity index (χ1n) is 2.68. The van der Waals surface area contributed by atoms with Crippen molar-refractivity contribution in [3.63, 3.8) is 0 Å². The topological polar surface area (TPSA) is 0 Å². The maximum Gasteiger partial charge on any atom is 0.0224 e. The largest absolute Gasteiger partial charge is 0.0888 e. The average Bonchev–Trinajstić information content (AvgIpc) is 1.64. The SMILES string of the molecule is CC1[CH]C(Cl)=CC=C1. The van der Waals surface area contributed by atoms with Gasteiger partial charge in [0.15, 0.2) is 0 Å². The summed E-state index contributed by atoms with van der Waals surface area (Å²) in [6.07, 6.45) is 7.99. The van der Waals surface area contributed by atoms with E-state index in [1.54, 1.807) is 0 Å². The van der Waals surface area contributed by atoms with Gasteiger partial charge >= 0.3 is 0 Å². The lowest BCUT2D eigenvalue weighted by molar-refractivity contribution is 0.871. The van der Waals surface area contributed by atoms with Crippen LogP contribution in [0.5, 0.6) is 0 Å². The third-order valence-electron chi connectivity index (χ3n) is 1.09. The highest BCUT2D eigenvalue weighted by atomic mass is 35.5. The van der Waals surface area contributed by atoms with Crippen LogP contribution in [0.4, 0.5) is 0 Å². The molecule has 1 radical (unpaired) electrons. The van der Waals surface area contributed by atoms with E-state index in [0.717, 1.165) is 5.03 Å². The molecule has 1 atom stereocenters. The van der Waals surface area contributed by atoms with E-state index in [1.165, 1.54) is 0 Å². The second kappa shape index (κ2) is 2.36. The molecule has 0 spiro atoms. The second-order valence-corrected chi connectivity index (χ2v) is 2.40. The Balaban J connectivity index is 2.59. The van der Waals surface area contributed by atoms with Gasteiger partial charge in [-0.3, -0.25) is 0 Å². The van der Waals surface area contributed by atoms with Crippen LogP contribution in [-0.4, -0.2) is 0 Å². The molecule has 0 N–H and O–H groups in total. The Bertz CT molecular complexity index is 133.